The van der Waals surface area contributed by atoms with E-state index < -0.39 is 28.7 Å². The van der Waals surface area contributed by atoms with E-state index in [1.807, 2.05) is 24.3 Å². The van der Waals surface area contributed by atoms with Crippen molar-refractivity contribution in [3.05, 3.63) is 120 Å². The van der Waals surface area contributed by atoms with Gasteiger partial charge in [0.2, 0.25) is 0 Å². The summed E-state index contributed by atoms with van der Waals surface area (Å²) in [5, 5.41) is 19.0. The number of methoxy groups -OCH3 is 1. The van der Waals surface area contributed by atoms with Crippen molar-refractivity contribution < 1.29 is 24.2 Å². The second-order valence-electron chi connectivity index (χ2n) is 10.2. The predicted octanol–water partition coefficient (Wildman–Crippen LogP) is 1.99. The molecule has 46 heavy (non-hydrogen) atoms. The van der Waals surface area contributed by atoms with Crippen LogP contribution in [0.25, 0.3) is 5.65 Å². The number of esters is 1. The molecule has 0 radical (unpaired) electrons. The fourth-order valence-electron chi connectivity index (χ4n) is 5.07. The quantitative estimate of drug-likeness (QED) is 0.120. The number of ether oxygens (including phenoxy) is 1. The molecule has 1 atom stereocenters. The number of carbonyl (C=O) groups is 3. The summed E-state index contributed by atoms with van der Waals surface area (Å²) in [6.07, 6.45) is 2.80. The Balaban J connectivity index is 0.000000230. The van der Waals surface area contributed by atoms with Crippen LogP contribution in [0, 0.1) is 0 Å². The summed E-state index contributed by atoms with van der Waals surface area (Å²) < 4.78 is 5.90. The van der Waals surface area contributed by atoms with Crippen LogP contribution >= 0.6 is 12.4 Å². The van der Waals surface area contributed by atoms with Crippen molar-refractivity contribution >= 4 is 47.3 Å². The largest absolute Gasteiger partial charge is 0.477 e. The van der Waals surface area contributed by atoms with E-state index in [1.165, 1.54) is 30.0 Å². The number of carboxylic acid groups (broad SMARTS) is 1. The smallest absolute Gasteiger partial charge is 0.354 e. The first-order chi connectivity index (χ1) is 21.6. The molecule has 0 saturated heterocycles. The van der Waals surface area contributed by atoms with Gasteiger partial charge in [-0.15, -0.1) is 12.4 Å². The van der Waals surface area contributed by atoms with Gasteiger partial charge in [0.05, 0.1) is 24.9 Å². The highest BCUT2D eigenvalue weighted by Gasteiger charge is 2.27. The summed E-state index contributed by atoms with van der Waals surface area (Å²) in [7, 11) is 1.33. The summed E-state index contributed by atoms with van der Waals surface area (Å²) in [5.41, 5.74) is 14.5. The lowest BCUT2D eigenvalue weighted by molar-refractivity contribution is 0.0599. The topological polar surface area (TPSA) is 221 Å². The number of fused-ring (bicyclic) bond motifs is 2. The third kappa shape index (κ3) is 6.72. The maximum Gasteiger partial charge on any atom is 0.354 e. The van der Waals surface area contributed by atoms with Gasteiger partial charge in [-0.05, 0) is 47.2 Å². The minimum absolute atomic E-state index is 0. The Morgan fingerprint density at radius 3 is 2.52 bits per heavy atom. The first kappa shape index (κ1) is 33.3. The van der Waals surface area contributed by atoms with E-state index >= 15 is 0 Å². The Kier molecular flexibility index (Phi) is 10.1. The molecule has 0 aliphatic heterocycles. The Labute approximate surface area is 267 Å². The highest BCUT2D eigenvalue weighted by atomic mass is 35.5. The molecule has 238 valence electrons. The third-order valence-corrected chi connectivity index (χ3v) is 7.40. The molecule has 3 aromatic carbocycles. The fraction of sp³-hybridized carbons (Fsp3) is 0.194. The van der Waals surface area contributed by atoms with Gasteiger partial charge in [0.1, 0.15) is 17.1 Å². The predicted molar refractivity (Wildman–Crippen MR) is 171 cm³/mol. The van der Waals surface area contributed by atoms with E-state index in [4.69, 9.17) is 16.2 Å². The van der Waals surface area contributed by atoms with Crippen molar-refractivity contribution in [2.45, 2.75) is 32.0 Å². The number of nitrogen functional groups attached to an aromatic ring is 1. The Bertz CT molecular complexity index is 2020. The normalized spacial score (nSPS) is 13.2. The Morgan fingerprint density at radius 1 is 1.07 bits per heavy atom. The standard InChI is InChI=1S/C19H16N4O5.C12H13N3O2.ClH/c1-28-19(27)11-2-4-12-10(8-11)3-5-13(12)22-17(24)14-9-15(18(25)26)23-16(21-14)6-7-20-23;13-5-7-2-1-3-8(4-7)6-15-10-9(14)11(16)12(10)17;/h2,4,6-9,13H,3,5H2,1H3,(H,22,24)(H,25,26);1-4,15H,5-6,13-14H2;1H/t13-;;/m0../s1. The van der Waals surface area contributed by atoms with Crippen LogP contribution in [0.4, 0.5) is 11.4 Å². The Hall–Kier alpha value is -5.60. The number of carbonyl (C=O) groups excluding carboxylic acids is 2. The zero-order valence-corrected chi connectivity index (χ0v) is 25.3. The van der Waals surface area contributed by atoms with Crippen LogP contribution in [0.2, 0.25) is 0 Å². The van der Waals surface area contributed by atoms with Crippen molar-refractivity contribution in [1.29, 1.82) is 0 Å². The monoisotopic (exact) mass is 647 g/mol. The lowest BCUT2D eigenvalue weighted by atomic mass is 10.0. The molecule has 0 unspecified atom stereocenters. The number of benzene rings is 2. The number of hydrogen-bond acceptors (Lipinski definition) is 11. The molecule has 0 fully saturated rings. The SMILES string of the molecule is COC(=O)c1ccc2c(c1)CC[C@@H]2NC(=O)c1cc(C(=O)O)n2nccc2n1.Cl.NCc1cccc(CNc2c(N)c(=O)c2=O)c1. The molecule has 0 bridgehead atoms. The first-order valence-corrected chi connectivity index (χ1v) is 13.8. The van der Waals surface area contributed by atoms with E-state index in [0.717, 1.165) is 22.3 Å². The van der Waals surface area contributed by atoms with E-state index in [0.29, 0.717) is 31.5 Å². The average Bonchev–Trinajstić information content (AvgIpc) is 3.70. The Morgan fingerprint density at radius 2 is 1.83 bits per heavy atom. The van der Waals surface area contributed by atoms with Gasteiger partial charge in [0, 0.05) is 25.2 Å². The molecule has 14 nitrogen and oxygen atoms in total. The minimum Gasteiger partial charge on any atom is -0.477 e. The fourth-order valence-corrected chi connectivity index (χ4v) is 5.07. The molecule has 7 N–H and O–H groups in total. The first-order valence-electron chi connectivity index (χ1n) is 13.8. The molecule has 1 aliphatic rings. The summed E-state index contributed by atoms with van der Waals surface area (Å²) in [4.78, 5) is 62.1. The van der Waals surface area contributed by atoms with Crippen LogP contribution in [0.3, 0.4) is 0 Å². The van der Waals surface area contributed by atoms with Gasteiger partial charge in [0.15, 0.2) is 11.3 Å². The summed E-state index contributed by atoms with van der Waals surface area (Å²) >= 11 is 0. The number of aryl methyl sites for hydroxylation is 1. The molecule has 0 saturated carbocycles. The second-order valence-corrected chi connectivity index (χ2v) is 10.2. The molecule has 5 aromatic rings. The number of amides is 1. The van der Waals surface area contributed by atoms with Gasteiger partial charge in [-0.1, -0.05) is 30.3 Å². The van der Waals surface area contributed by atoms with E-state index in [2.05, 4.69) is 20.7 Å². The van der Waals surface area contributed by atoms with Crippen molar-refractivity contribution in [3.8, 4) is 0 Å². The van der Waals surface area contributed by atoms with Crippen LogP contribution in [0.1, 0.15) is 66.1 Å². The number of aromatic carboxylic acids is 1. The second kappa shape index (κ2) is 14.0. The van der Waals surface area contributed by atoms with Crippen LogP contribution < -0.4 is 33.0 Å². The van der Waals surface area contributed by atoms with Crippen LogP contribution in [-0.4, -0.2) is 44.7 Å². The zero-order valence-electron chi connectivity index (χ0n) is 24.5. The van der Waals surface area contributed by atoms with E-state index in [-0.39, 0.29) is 46.9 Å². The third-order valence-electron chi connectivity index (χ3n) is 7.40. The van der Waals surface area contributed by atoms with Crippen molar-refractivity contribution in [2.24, 2.45) is 5.73 Å². The molecule has 2 heterocycles. The highest BCUT2D eigenvalue weighted by Crippen LogP contribution is 2.32. The number of rotatable bonds is 8. The van der Waals surface area contributed by atoms with E-state index in [1.54, 1.807) is 18.2 Å². The van der Waals surface area contributed by atoms with Gasteiger partial charge in [-0.2, -0.15) is 5.10 Å². The molecule has 1 aliphatic carbocycles. The number of halogens is 1. The van der Waals surface area contributed by atoms with Gasteiger partial charge in [0.25, 0.3) is 16.8 Å². The van der Waals surface area contributed by atoms with Gasteiger partial charge >= 0.3 is 11.9 Å². The number of hydrogen-bond donors (Lipinski definition) is 5. The molecule has 15 heteroatoms. The minimum atomic E-state index is -1.20. The molecule has 0 spiro atoms. The number of aromatic nitrogens is 3. The molecule has 2 aromatic heterocycles. The van der Waals surface area contributed by atoms with Crippen LogP contribution in [0.5, 0.6) is 0 Å². The van der Waals surface area contributed by atoms with Gasteiger partial charge in [-0.3, -0.25) is 14.4 Å². The molecular formula is C31H30ClN7O7. The van der Waals surface area contributed by atoms with Crippen LogP contribution in [0.15, 0.2) is 70.4 Å². The number of nitrogens with zero attached hydrogens (tertiary/aromatic N) is 3. The molecule has 1 amide bonds. The maximum absolute atomic E-state index is 12.7. The number of anilines is 2. The van der Waals surface area contributed by atoms with E-state index in [9.17, 15) is 29.1 Å². The van der Waals surface area contributed by atoms with Crippen molar-refractivity contribution in [2.75, 3.05) is 18.2 Å². The summed E-state index contributed by atoms with van der Waals surface area (Å²) in [6, 6.07) is 15.4. The molecular weight excluding hydrogens is 618 g/mol. The maximum atomic E-state index is 12.7. The average molecular weight is 648 g/mol. The van der Waals surface area contributed by atoms with Gasteiger partial charge < -0.3 is 31.9 Å². The lowest BCUT2D eigenvalue weighted by Gasteiger charge is -2.14. The van der Waals surface area contributed by atoms with Gasteiger partial charge in [-0.25, -0.2) is 19.1 Å². The number of nitrogens with one attached hydrogen (secondary N) is 2. The van der Waals surface area contributed by atoms with Crippen LogP contribution in [-0.2, 0) is 24.2 Å². The van der Waals surface area contributed by atoms with Crippen molar-refractivity contribution in [1.82, 2.24) is 19.9 Å². The summed E-state index contributed by atoms with van der Waals surface area (Å²) in [5.74, 6) is -2.08. The number of nitrogens with two attached hydrogens (primary N) is 2. The number of carboxylic acids is 1. The highest BCUT2D eigenvalue weighted by molar-refractivity contribution is 5.96. The summed E-state index contributed by atoms with van der Waals surface area (Å²) in [6.45, 7) is 0.916. The van der Waals surface area contributed by atoms with Crippen molar-refractivity contribution in [3.63, 3.8) is 0 Å². The zero-order chi connectivity index (χ0) is 32.2. The lowest BCUT2D eigenvalue weighted by Crippen LogP contribution is -2.36. The molecule has 6 rings (SSSR count).